The maximum atomic E-state index is 14.1. The Labute approximate surface area is 163 Å². The highest BCUT2D eigenvalue weighted by Gasteiger charge is 2.35. The lowest BCUT2D eigenvalue weighted by molar-refractivity contribution is -0.136. The fraction of sp³-hybridized carbons (Fsp3) is 0.238. The number of allylic oxidation sites excluding steroid dienone is 1. The standard InChI is InChI=1S/C21H21FN2O2S/c1-12-6-5-7-15(10-12)19-18(20(25)26-4)14(3)24(21(27)23-19)16-9-8-13(2)17(22)11-16/h5-11,19H,1-4H3,(H,23,27)/t19-/m1/s1. The van der Waals surface area contributed by atoms with E-state index in [0.29, 0.717) is 27.6 Å². The van der Waals surface area contributed by atoms with Crippen LogP contribution in [0.25, 0.3) is 0 Å². The van der Waals surface area contributed by atoms with Crippen molar-refractivity contribution in [3.63, 3.8) is 0 Å². The molecule has 27 heavy (non-hydrogen) atoms. The minimum Gasteiger partial charge on any atom is -0.466 e. The van der Waals surface area contributed by atoms with E-state index in [4.69, 9.17) is 17.0 Å². The van der Waals surface area contributed by atoms with Crippen molar-refractivity contribution < 1.29 is 13.9 Å². The molecule has 0 saturated heterocycles. The Balaban J connectivity index is 2.15. The molecule has 0 spiro atoms. The Morgan fingerprint density at radius 2 is 1.93 bits per heavy atom. The van der Waals surface area contributed by atoms with E-state index in [-0.39, 0.29) is 5.82 Å². The first-order chi connectivity index (χ1) is 12.8. The van der Waals surface area contributed by atoms with E-state index >= 15 is 0 Å². The van der Waals surface area contributed by atoms with Gasteiger partial charge >= 0.3 is 5.97 Å². The normalized spacial score (nSPS) is 17.0. The van der Waals surface area contributed by atoms with Crippen LogP contribution in [0.3, 0.4) is 0 Å². The van der Waals surface area contributed by atoms with E-state index in [0.717, 1.165) is 11.1 Å². The summed E-state index contributed by atoms with van der Waals surface area (Å²) in [6, 6.07) is 12.3. The molecular formula is C21H21FN2O2S. The molecule has 0 aliphatic carbocycles. The average Bonchev–Trinajstić information content (AvgIpc) is 2.63. The summed E-state index contributed by atoms with van der Waals surface area (Å²) in [5.74, 6) is -0.782. The Kier molecular flexibility index (Phi) is 5.28. The summed E-state index contributed by atoms with van der Waals surface area (Å²) in [6.07, 6.45) is 0. The number of hydrogen-bond donors (Lipinski definition) is 1. The van der Waals surface area contributed by atoms with Crippen molar-refractivity contribution in [2.45, 2.75) is 26.8 Å². The topological polar surface area (TPSA) is 41.6 Å². The molecule has 0 saturated carbocycles. The number of benzene rings is 2. The number of anilines is 1. The van der Waals surface area contributed by atoms with Gasteiger partial charge in [-0.1, -0.05) is 35.9 Å². The molecule has 6 heteroatoms. The molecule has 3 rings (SSSR count). The molecule has 4 nitrogen and oxygen atoms in total. The number of halogens is 1. The third-order valence-electron chi connectivity index (χ3n) is 4.68. The van der Waals surface area contributed by atoms with Crippen LogP contribution in [0.5, 0.6) is 0 Å². The molecule has 1 aliphatic rings. The second kappa shape index (κ2) is 7.48. The van der Waals surface area contributed by atoms with E-state index < -0.39 is 12.0 Å². The predicted octanol–water partition coefficient (Wildman–Crippen LogP) is 4.33. The summed E-state index contributed by atoms with van der Waals surface area (Å²) in [5.41, 5.74) is 4.13. The van der Waals surface area contributed by atoms with Gasteiger partial charge in [-0.05, 0) is 56.2 Å². The van der Waals surface area contributed by atoms with Crippen molar-refractivity contribution in [2.24, 2.45) is 0 Å². The number of esters is 1. The monoisotopic (exact) mass is 384 g/mol. The van der Waals surface area contributed by atoms with Gasteiger partial charge in [0, 0.05) is 5.70 Å². The van der Waals surface area contributed by atoms with Gasteiger partial charge in [-0.3, -0.25) is 4.90 Å². The van der Waals surface area contributed by atoms with Gasteiger partial charge in [0.25, 0.3) is 0 Å². The molecule has 2 aromatic rings. The third-order valence-corrected chi connectivity index (χ3v) is 4.98. The molecule has 1 atom stereocenters. The molecule has 0 unspecified atom stereocenters. The smallest absolute Gasteiger partial charge is 0.337 e. The Morgan fingerprint density at radius 3 is 2.56 bits per heavy atom. The molecule has 1 N–H and O–H groups in total. The van der Waals surface area contributed by atoms with Crippen LogP contribution in [0, 0.1) is 19.7 Å². The van der Waals surface area contributed by atoms with Gasteiger partial charge < -0.3 is 10.1 Å². The highest BCUT2D eigenvalue weighted by atomic mass is 32.1. The minimum absolute atomic E-state index is 0.330. The van der Waals surface area contributed by atoms with Crippen LogP contribution in [0.2, 0.25) is 0 Å². The van der Waals surface area contributed by atoms with E-state index in [1.807, 2.05) is 31.2 Å². The first-order valence-corrected chi connectivity index (χ1v) is 8.96. The number of ether oxygens (including phenoxy) is 1. The maximum Gasteiger partial charge on any atom is 0.337 e. The van der Waals surface area contributed by atoms with Gasteiger partial charge in [-0.2, -0.15) is 0 Å². The Bertz CT molecular complexity index is 955. The zero-order valence-corrected chi connectivity index (χ0v) is 16.5. The van der Waals surface area contributed by atoms with Gasteiger partial charge in [0.1, 0.15) is 5.82 Å². The van der Waals surface area contributed by atoms with Crippen LogP contribution in [-0.4, -0.2) is 18.2 Å². The summed E-state index contributed by atoms with van der Waals surface area (Å²) in [4.78, 5) is 14.2. The van der Waals surface area contributed by atoms with Crippen LogP contribution in [0.15, 0.2) is 53.7 Å². The van der Waals surface area contributed by atoms with Gasteiger partial charge in [0.05, 0.1) is 24.4 Å². The largest absolute Gasteiger partial charge is 0.466 e. The van der Waals surface area contributed by atoms with Crippen molar-refractivity contribution in [2.75, 3.05) is 12.0 Å². The maximum absolute atomic E-state index is 14.1. The number of thiocarbonyl (C=S) groups is 1. The van der Waals surface area contributed by atoms with Gasteiger partial charge in [0.2, 0.25) is 0 Å². The molecule has 0 radical (unpaired) electrons. The van der Waals surface area contributed by atoms with Crippen LogP contribution in [-0.2, 0) is 9.53 Å². The highest BCUT2D eigenvalue weighted by Crippen LogP contribution is 2.34. The summed E-state index contributed by atoms with van der Waals surface area (Å²) in [7, 11) is 1.35. The number of carbonyl (C=O) groups excluding carboxylic acids is 1. The molecular weight excluding hydrogens is 363 g/mol. The van der Waals surface area contributed by atoms with Crippen molar-refractivity contribution in [3.8, 4) is 0 Å². The SMILES string of the molecule is COC(=O)C1=C(C)N(c2ccc(C)c(F)c2)C(=S)N[C@@H]1c1cccc(C)c1. The molecule has 140 valence electrons. The van der Waals surface area contributed by atoms with Gasteiger partial charge in [-0.25, -0.2) is 9.18 Å². The third kappa shape index (κ3) is 3.57. The van der Waals surface area contributed by atoms with Crippen LogP contribution >= 0.6 is 12.2 Å². The zero-order valence-electron chi connectivity index (χ0n) is 15.7. The summed E-state index contributed by atoms with van der Waals surface area (Å²) < 4.78 is 19.1. The number of carbonyl (C=O) groups is 1. The predicted molar refractivity (Wildman–Crippen MR) is 108 cm³/mol. The van der Waals surface area contributed by atoms with Crippen LogP contribution in [0.4, 0.5) is 10.1 Å². The Morgan fingerprint density at radius 1 is 1.19 bits per heavy atom. The fourth-order valence-electron chi connectivity index (χ4n) is 3.25. The van der Waals surface area contributed by atoms with Gasteiger partial charge in [-0.15, -0.1) is 0 Å². The zero-order chi connectivity index (χ0) is 19.7. The van der Waals surface area contributed by atoms with Crippen LogP contribution in [0.1, 0.15) is 29.7 Å². The number of nitrogens with one attached hydrogen (secondary N) is 1. The lowest BCUT2D eigenvalue weighted by atomic mass is 9.94. The lowest BCUT2D eigenvalue weighted by Crippen LogP contribution is -2.48. The summed E-state index contributed by atoms with van der Waals surface area (Å²) >= 11 is 5.55. The molecule has 0 amide bonds. The van der Waals surface area contributed by atoms with Crippen LogP contribution < -0.4 is 10.2 Å². The molecule has 1 heterocycles. The van der Waals surface area contributed by atoms with E-state index in [1.165, 1.54) is 13.2 Å². The highest BCUT2D eigenvalue weighted by molar-refractivity contribution is 7.80. The lowest BCUT2D eigenvalue weighted by Gasteiger charge is -2.37. The second-order valence-corrected chi connectivity index (χ2v) is 6.94. The summed E-state index contributed by atoms with van der Waals surface area (Å²) in [5, 5.41) is 3.61. The van der Waals surface area contributed by atoms with E-state index in [9.17, 15) is 9.18 Å². The van der Waals surface area contributed by atoms with Gasteiger partial charge in [0.15, 0.2) is 5.11 Å². The summed E-state index contributed by atoms with van der Waals surface area (Å²) in [6.45, 7) is 5.47. The number of rotatable bonds is 3. The average molecular weight is 384 g/mol. The molecule has 0 aromatic heterocycles. The minimum atomic E-state index is -0.452. The molecule has 1 aliphatic heterocycles. The second-order valence-electron chi connectivity index (χ2n) is 6.56. The number of hydrogen-bond acceptors (Lipinski definition) is 3. The van der Waals surface area contributed by atoms with Crippen molar-refractivity contribution >= 4 is 29.0 Å². The number of nitrogens with zero attached hydrogens (tertiary/aromatic N) is 1. The van der Waals surface area contributed by atoms with Crippen molar-refractivity contribution in [1.82, 2.24) is 5.32 Å². The fourth-order valence-corrected chi connectivity index (χ4v) is 3.61. The quantitative estimate of drug-likeness (QED) is 0.630. The first-order valence-electron chi connectivity index (χ1n) is 8.56. The first kappa shape index (κ1) is 19.0. The number of methoxy groups -OCH3 is 1. The van der Waals surface area contributed by atoms with Crippen molar-refractivity contribution in [1.29, 1.82) is 0 Å². The molecule has 2 aromatic carbocycles. The van der Waals surface area contributed by atoms with Crippen molar-refractivity contribution in [3.05, 3.63) is 76.2 Å². The molecule has 0 fully saturated rings. The van der Waals surface area contributed by atoms with E-state index in [2.05, 4.69) is 5.32 Å². The Hall–Kier alpha value is -2.73. The number of aryl methyl sites for hydroxylation is 2. The van der Waals surface area contributed by atoms with E-state index in [1.54, 1.807) is 30.9 Å². The molecule has 0 bridgehead atoms.